The predicted molar refractivity (Wildman–Crippen MR) is 100 cm³/mol. The van der Waals surface area contributed by atoms with Crippen molar-refractivity contribution in [3.8, 4) is 0 Å². The van der Waals surface area contributed by atoms with E-state index in [-0.39, 0.29) is 46.9 Å². The van der Waals surface area contributed by atoms with Crippen molar-refractivity contribution in [3.05, 3.63) is 74.5 Å². The topological polar surface area (TPSA) is 92.6 Å². The monoisotopic (exact) mass is 405 g/mol. The molecule has 0 spiro atoms. The Kier molecular flexibility index (Phi) is 5.89. The summed E-state index contributed by atoms with van der Waals surface area (Å²) in [5.41, 5.74) is 0.362. The third-order valence-electron chi connectivity index (χ3n) is 4.53. The molecule has 0 radical (unpaired) electrons. The predicted octanol–water partition coefficient (Wildman–Crippen LogP) is 3.17. The van der Waals surface area contributed by atoms with Gasteiger partial charge in [0, 0.05) is 43.1 Å². The van der Waals surface area contributed by atoms with Gasteiger partial charge in [0.05, 0.1) is 4.92 Å². The number of hydrogen-bond donors (Lipinski definition) is 1. The van der Waals surface area contributed by atoms with E-state index in [1.54, 1.807) is 17.0 Å². The van der Waals surface area contributed by atoms with Crippen LogP contribution in [0.25, 0.3) is 0 Å². The van der Waals surface area contributed by atoms with Crippen molar-refractivity contribution < 1.29 is 18.9 Å². The highest BCUT2D eigenvalue weighted by atomic mass is 35.5. The minimum atomic E-state index is -0.644. The van der Waals surface area contributed by atoms with Gasteiger partial charge in [-0.25, -0.2) is 4.39 Å². The summed E-state index contributed by atoms with van der Waals surface area (Å²) in [4.78, 5) is 36.6. The van der Waals surface area contributed by atoms with Gasteiger partial charge in [0.2, 0.25) is 5.91 Å². The van der Waals surface area contributed by atoms with Gasteiger partial charge in [-0.3, -0.25) is 19.7 Å². The van der Waals surface area contributed by atoms with Crippen LogP contribution >= 0.6 is 11.6 Å². The molecule has 1 N–H and O–H groups in total. The molecule has 1 heterocycles. The number of carbonyl (C=O) groups excluding carboxylic acids is 2. The molecule has 3 rings (SSSR count). The fraction of sp³-hybridized carbons (Fsp3) is 0.263. The molecular formula is C19H17ClFN3O4. The number of likely N-dealkylation sites (tertiary alicyclic amines) is 1. The lowest BCUT2D eigenvalue weighted by Gasteiger charge is -2.17. The van der Waals surface area contributed by atoms with Gasteiger partial charge in [0.15, 0.2) is 0 Å². The average molecular weight is 406 g/mol. The lowest BCUT2D eigenvalue weighted by Crippen LogP contribution is -2.31. The highest BCUT2D eigenvalue weighted by molar-refractivity contribution is 6.31. The molecule has 2 aromatic carbocycles. The molecule has 146 valence electrons. The maximum atomic E-state index is 13.0. The van der Waals surface area contributed by atoms with Gasteiger partial charge in [0.25, 0.3) is 11.6 Å². The molecule has 0 aromatic heterocycles. The zero-order valence-corrected chi connectivity index (χ0v) is 15.5. The van der Waals surface area contributed by atoms with Crippen LogP contribution in [0.1, 0.15) is 22.3 Å². The molecule has 0 saturated carbocycles. The molecule has 2 amide bonds. The summed E-state index contributed by atoms with van der Waals surface area (Å²) < 4.78 is 13.0. The van der Waals surface area contributed by atoms with Gasteiger partial charge in [-0.2, -0.15) is 0 Å². The van der Waals surface area contributed by atoms with Crippen molar-refractivity contribution in [1.29, 1.82) is 0 Å². The Labute approximate surface area is 165 Å². The van der Waals surface area contributed by atoms with E-state index in [4.69, 9.17) is 11.6 Å². The number of halogens is 2. The maximum Gasteiger partial charge on any atom is 0.282 e. The third kappa shape index (κ3) is 4.64. The van der Waals surface area contributed by atoms with Crippen molar-refractivity contribution in [2.75, 3.05) is 13.1 Å². The molecule has 0 bridgehead atoms. The Hall–Kier alpha value is -3.00. The molecule has 9 heteroatoms. The number of amides is 2. The maximum absolute atomic E-state index is 13.0. The first kappa shape index (κ1) is 19.8. The Morgan fingerprint density at radius 2 is 2.00 bits per heavy atom. The minimum Gasteiger partial charge on any atom is -0.351 e. The number of carbonyl (C=O) groups is 2. The van der Waals surface area contributed by atoms with Gasteiger partial charge in [-0.1, -0.05) is 23.7 Å². The summed E-state index contributed by atoms with van der Waals surface area (Å²) in [6, 6.07) is 9.69. The summed E-state index contributed by atoms with van der Waals surface area (Å²) in [6.07, 6.45) is 0.263. The molecule has 1 atom stereocenters. The number of hydrogen-bond acceptors (Lipinski definition) is 4. The van der Waals surface area contributed by atoms with Crippen LogP contribution in [0.3, 0.4) is 0 Å². The molecule has 7 nitrogen and oxygen atoms in total. The Balaban J connectivity index is 1.59. The van der Waals surface area contributed by atoms with Crippen molar-refractivity contribution >= 4 is 29.1 Å². The molecule has 1 aliphatic rings. The second-order valence-electron chi connectivity index (χ2n) is 6.60. The van der Waals surface area contributed by atoms with Crippen molar-refractivity contribution in [3.63, 3.8) is 0 Å². The Morgan fingerprint density at radius 3 is 2.68 bits per heavy atom. The summed E-state index contributed by atoms with van der Waals surface area (Å²) in [7, 11) is 0. The van der Waals surface area contributed by atoms with Crippen molar-refractivity contribution in [1.82, 2.24) is 10.2 Å². The SMILES string of the molecule is O=C(NCC1CC(=O)N(Cc2ccc(F)cc2)C1)c1cc(Cl)ccc1[N+](=O)[O-]. The summed E-state index contributed by atoms with van der Waals surface area (Å²) >= 11 is 5.84. The molecular weight excluding hydrogens is 389 g/mol. The zero-order chi connectivity index (χ0) is 20.3. The highest BCUT2D eigenvalue weighted by Gasteiger charge is 2.30. The second kappa shape index (κ2) is 8.35. The molecule has 1 saturated heterocycles. The van der Waals surface area contributed by atoms with E-state index in [1.807, 2.05) is 0 Å². The van der Waals surface area contributed by atoms with E-state index >= 15 is 0 Å². The van der Waals surface area contributed by atoms with E-state index in [0.717, 1.165) is 5.56 Å². The van der Waals surface area contributed by atoms with Crippen LogP contribution in [-0.2, 0) is 11.3 Å². The number of nitrogens with one attached hydrogen (secondary N) is 1. The smallest absolute Gasteiger partial charge is 0.282 e. The molecule has 0 aliphatic carbocycles. The average Bonchev–Trinajstić information content (AvgIpc) is 3.00. The van der Waals surface area contributed by atoms with E-state index in [1.165, 1.54) is 30.3 Å². The minimum absolute atomic E-state index is 0.0580. The van der Waals surface area contributed by atoms with Gasteiger partial charge >= 0.3 is 0 Å². The summed E-state index contributed by atoms with van der Waals surface area (Å²) in [5.74, 6) is -1.13. The number of rotatable bonds is 6. The normalized spacial score (nSPS) is 16.3. The quantitative estimate of drug-likeness (QED) is 0.590. The first-order valence-electron chi connectivity index (χ1n) is 8.58. The van der Waals surface area contributed by atoms with Gasteiger partial charge in [0.1, 0.15) is 11.4 Å². The third-order valence-corrected chi connectivity index (χ3v) is 4.77. The van der Waals surface area contributed by atoms with Crippen molar-refractivity contribution in [2.24, 2.45) is 5.92 Å². The second-order valence-corrected chi connectivity index (χ2v) is 7.04. The number of nitrogens with zero attached hydrogens (tertiary/aromatic N) is 2. The number of nitro benzene ring substituents is 1. The van der Waals surface area contributed by atoms with Crippen LogP contribution in [0, 0.1) is 21.8 Å². The van der Waals surface area contributed by atoms with Gasteiger partial charge in [-0.15, -0.1) is 0 Å². The van der Waals surface area contributed by atoms with Crippen LogP contribution < -0.4 is 5.32 Å². The van der Waals surface area contributed by atoms with Crippen LogP contribution in [0.5, 0.6) is 0 Å². The molecule has 28 heavy (non-hydrogen) atoms. The van der Waals surface area contributed by atoms with Gasteiger partial charge in [-0.05, 0) is 29.8 Å². The van der Waals surface area contributed by atoms with E-state index in [2.05, 4.69) is 5.32 Å². The first-order chi connectivity index (χ1) is 13.3. The summed E-state index contributed by atoms with van der Waals surface area (Å²) in [5, 5.41) is 14.0. The zero-order valence-electron chi connectivity index (χ0n) is 14.7. The largest absolute Gasteiger partial charge is 0.351 e. The van der Waals surface area contributed by atoms with Gasteiger partial charge < -0.3 is 10.2 Å². The lowest BCUT2D eigenvalue weighted by molar-refractivity contribution is -0.385. The van der Waals surface area contributed by atoms with Crippen LogP contribution in [0.2, 0.25) is 5.02 Å². The Morgan fingerprint density at radius 1 is 1.29 bits per heavy atom. The van der Waals surface area contributed by atoms with Crippen molar-refractivity contribution in [2.45, 2.75) is 13.0 Å². The standard InChI is InChI=1S/C19H17ClFN3O4/c20-14-3-6-17(24(27)28)16(8-14)19(26)22-9-13-7-18(25)23(11-13)10-12-1-4-15(21)5-2-12/h1-6,8,13H,7,9-11H2,(H,22,26). The molecule has 1 unspecified atom stereocenters. The molecule has 1 fully saturated rings. The van der Waals surface area contributed by atoms with E-state index in [0.29, 0.717) is 13.1 Å². The van der Waals surface area contributed by atoms with Crippen LogP contribution in [0.15, 0.2) is 42.5 Å². The summed E-state index contributed by atoms with van der Waals surface area (Å²) in [6.45, 7) is 1.01. The van der Waals surface area contributed by atoms with Crippen LogP contribution in [-0.4, -0.2) is 34.7 Å². The molecule has 2 aromatic rings. The van der Waals surface area contributed by atoms with Crippen LogP contribution in [0.4, 0.5) is 10.1 Å². The Bertz CT molecular complexity index is 920. The number of benzene rings is 2. The molecule has 1 aliphatic heterocycles. The van der Waals surface area contributed by atoms with E-state index in [9.17, 15) is 24.1 Å². The number of nitro groups is 1. The lowest BCUT2D eigenvalue weighted by atomic mass is 10.1. The van der Waals surface area contributed by atoms with E-state index < -0.39 is 10.8 Å². The highest BCUT2D eigenvalue weighted by Crippen LogP contribution is 2.23. The fourth-order valence-electron chi connectivity index (χ4n) is 3.14. The first-order valence-corrected chi connectivity index (χ1v) is 8.95. The fourth-order valence-corrected chi connectivity index (χ4v) is 3.31.